The number of carbonyl (C=O) groups is 2. The van der Waals surface area contributed by atoms with Crippen molar-refractivity contribution in [3.63, 3.8) is 0 Å². The first-order valence-electron chi connectivity index (χ1n) is 4.49. The Labute approximate surface area is 94.4 Å². The van der Waals surface area contributed by atoms with Gasteiger partial charge >= 0.3 is 12.1 Å². The van der Waals surface area contributed by atoms with E-state index in [-0.39, 0.29) is 17.5 Å². The molecular formula is C10H8F3NO3. The van der Waals surface area contributed by atoms with Crippen LogP contribution in [0, 0.1) is 0 Å². The molecule has 92 valence electrons. The number of hydrogen-bond acceptors (Lipinski definition) is 4. The molecule has 0 bridgehead atoms. The van der Waals surface area contributed by atoms with Crippen LogP contribution in [0.4, 0.5) is 13.2 Å². The highest BCUT2D eigenvalue weighted by molar-refractivity contribution is 5.75. The van der Waals surface area contributed by atoms with Crippen LogP contribution in [0.1, 0.15) is 28.7 Å². The van der Waals surface area contributed by atoms with E-state index in [4.69, 9.17) is 0 Å². The Bertz CT molecular complexity index is 443. The Balaban J connectivity index is 3.05. The fourth-order valence-electron chi connectivity index (χ4n) is 1.07. The number of ether oxygens (including phenoxy) is 1. The molecule has 0 radical (unpaired) electrons. The lowest BCUT2D eigenvalue weighted by molar-refractivity contribution is -0.142. The minimum Gasteiger partial charge on any atom is -0.459 e. The maximum atomic E-state index is 12.4. The maximum absolute atomic E-state index is 12.4. The molecule has 0 amide bonds. The molecule has 0 spiro atoms. The van der Waals surface area contributed by atoms with Crippen molar-refractivity contribution in [3.05, 3.63) is 29.1 Å². The van der Waals surface area contributed by atoms with Crippen LogP contribution in [-0.4, -0.2) is 17.2 Å². The molecule has 4 nitrogen and oxygen atoms in total. The second kappa shape index (κ2) is 4.94. The Morgan fingerprint density at radius 1 is 1.47 bits per heavy atom. The van der Waals surface area contributed by atoms with Crippen LogP contribution in [-0.2, 0) is 22.3 Å². The van der Waals surface area contributed by atoms with Gasteiger partial charge in [-0.3, -0.25) is 9.59 Å². The molecule has 0 unspecified atom stereocenters. The number of nitrogens with zero attached hydrogens (tertiary/aromatic N) is 1. The number of carbonyl (C=O) groups excluding carboxylic acids is 2. The van der Waals surface area contributed by atoms with E-state index in [0.717, 1.165) is 13.0 Å². The highest BCUT2D eigenvalue weighted by atomic mass is 19.4. The van der Waals surface area contributed by atoms with Crippen molar-refractivity contribution in [2.45, 2.75) is 19.7 Å². The van der Waals surface area contributed by atoms with E-state index in [2.05, 4.69) is 9.72 Å². The smallest absolute Gasteiger partial charge is 0.433 e. The molecule has 1 aromatic heterocycles. The van der Waals surface area contributed by atoms with Gasteiger partial charge in [-0.1, -0.05) is 0 Å². The molecule has 0 fully saturated rings. The summed E-state index contributed by atoms with van der Waals surface area (Å²) in [5.74, 6) is -0.642. The van der Waals surface area contributed by atoms with Gasteiger partial charge in [0.05, 0.1) is 5.69 Å². The molecule has 0 N–H and O–H groups in total. The maximum Gasteiger partial charge on any atom is 0.433 e. The van der Waals surface area contributed by atoms with Crippen molar-refractivity contribution in [1.82, 2.24) is 4.98 Å². The molecule has 0 aliphatic carbocycles. The monoisotopic (exact) mass is 247 g/mol. The summed E-state index contributed by atoms with van der Waals surface area (Å²) in [5.41, 5.74) is -1.49. The van der Waals surface area contributed by atoms with Crippen LogP contribution >= 0.6 is 0 Å². The number of aromatic nitrogens is 1. The Kier molecular flexibility index (Phi) is 3.82. The minimum atomic E-state index is -4.65. The van der Waals surface area contributed by atoms with Crippen molar-refractivity contribution in [2.75, 3.05) is 0 Å². The lowest BCUT2D eigenvalue weighted by Crippen LogP contribution is -2.11. The predicted molar refractivity (Wildman–Crippen MR) is 50.1 cm³/mol. The van der Waals surface area contributed by atoms with Gasteiger partial charge in [0.25, 0.3) is 0 Å². The molecule has 0 saturated heterocycles. The van der Waals surface area contributed by atoms with Gasteiger partial charge in [-0.25, -0.2) is 4.98 Å². The molecule has 1 rings (SSSR count). The van der Waals surface area contributed by atoms with Crippen molar-refractivity contribution in [1.29, 1.82) is 0 Å². The molecule has 1 heterocycles. The zero-order valence-electron chi connectivity index (χ0n) is 8.75. The Morgan fingerprint density at radius 2 is 2.12 bits per heavy atom. The van der Waals surface area contributed by atoms with Gasteiger partial charge in [-0.2, -0.15) is 13.2 Å². The fraction of sp³-hybridized carbons (Fsp3) is 0.300. The standard InChI is InChI=1S/C10H8F3NO3/c1-6(16)17-5-8-2-7(4-15)3-9(14-8)10(11,12)13/h2-4H,5H2,1H3. The number of hydrogen-bond donors (Lipinski definition) is 0. The van der Waals surface area contributed by atoms with Gasteiger partial charge in [-0.05, 0) is 12.1 Å². The first kappa shape index (κ1) is 13.1. The fourth-order valence-corrected chi connectivity index (χ4v) is 1.07. The second-order valence-electron chi connectivity index (χ2n) is 3.17. The largest absolute Gasteiger partial charge is 0.459 e. The summed E-state index contributed by atoms with van der Waals surface area (Å²) in [6.45, 7) is 0.717. The molecule has 0 aliphatic rings. The van der Waals surface area contributed by atoms with Gasteiger partial charge in [-0.15, -0.1) is 0 Å². The SMILES string of the molecule is CC(=O)OCc1cc(C=O)cc(C(F)(F)F)n1. The lowest BCUT2D eigenvalue weighted by Gasteiger charge is -2.09. The van der Waals surface area contributed by atoms with Gasteiger partial charge in [0, 0.05) is 12.5 Å². The molecular weight excluding hydrogens is 239 g/mol. The van der Waals surface area contributed by atoms with E-state index in [1.807, 2.05) is 0 Å². The number of alkyl halides is 3. The summed E-state index contributed by atoms with van der Waals surface area (Å²) in [5, 5.41) is 0. The molecule has 1 aromatic rings. The van der Waals surface area contributed by atoms with E-state index >= 15 is 0 Å². The van der Waals surface area contributed by atoms with Gasteiger partial charge in [0.15, 0.2) is 0 Å². The van der Waals surface area contributed by atoms with E-state index in [1.165, 1.54) is 0 Å². The minimum absolute atomic E-state index is 0.128. The van der Waals surface area contributed by atoms with Crippen molar-refractivity contribution in [3.8, 4) is 0 Å². The number of rotatable bonds is 3. The quantitative estimate of drug-likeness (QED) is 0.605. The van der Waals surface area contributed by atoms with Gasteiger partial charge < -0.3 is 4.74 Å². The third-order valence-electron chi connectivity index (χ3n) is 1.75. The van der Waals surface area contributed by atoms with Crippen LogP contribution in [0.25, 0.3) is 0 Å². The van der Waals surface area contributed by atoms with Crippen LogP contribution < -0.4 is 0 Å². The number of aldehydes is 1. The molecule has 17 heavy (non-hydrogen) atoms. The van der Waals surface area contributed by atoms with Crippen LogP contribution in [0.5, 0.6) is 0 Å². The number of halogens is 3. The highest BCUT2D eigenvalue weighted by Crippen LogP contribution is 2.28. The molecule has 0 aromatic carbocycles. The zero-order chi connectivity index (χ0) is 13.1. The predicted octanol–water partition coefficient (Wildman–Crippen LogP) is 1.98. The van der Waals surface area contributed by atoms with Crippen molar-refractivity contribution in [2.24, 2.45) is 0 Å². The average molecular weight is 247 g/mol. The summed E-state index contributed by atoms with van der Waals surface area (Å²) in [6.07, 6.45) is -4.38. The van der Waals surface area contributed by atoms with Crippen LogP contribution in [0.15, 0.2) is 12.1 Å². The summed E-state index contributed by atoms with van der Waals surface area (Å²) in [4.78, 5) is 24.2. The third-order valence-corrected chi connectivity index (χ3v) is 1.75. The Morgan fingerprint density at radius 3 is 2.59 bits per heavy atom. The van der Waals surface area contributed by atoms with E-state index in [0.29, 0.717) is 6.07 Å². The van der Waals surface area contributed by atoms with Crippen molar-refractivity contribution < 1.29 is 27.5 Å². The molecule has 7 heteroatoms. The summed E-state index contributed by atoms with van der Waals surface area (Å²) in [7, 11) is 0. The van der Waals surface area contributed by atoms with Gasteiger partial charge in [0.1, 0.15) is 18.6 Å². The number of pyridine rings is 1. The zero-order valence-corrected chi connectivity index (χ0v) is 8.75. The topological polar surface area (TPSA) is 56.3 Å². The molecule has 0 saturated carbocycles. The van der Waals surface area contributed by atoms with E-state index < -0.39 is 24.4 Å². The Hall–Kier alpha value is -1.92. The second-order valence-corrected chi connectivity index (χ2v) is 3.17. The third kappa shape index (κ3) is 3.86. The van der Waals surface area contributed by atoms with E-state index in [9.17, 15) is 22.8 Å². The first-order valence-corrected chi connectivity index (χ1v) is 4.49. The summed E-state index contributed by atoms with van der Waals surface area (Å²) in [6, 6.07) is 1.76. The molecule has 0 atom stereocenters. The normalized spacial score (nSPS) is 11.1. The van der Waals surface area contributed by atoms with Crippen LogP contribution in [0.2, 0.25) is 0 Å². The number of esters is 1. The highest BCUT2D eigenvalue weighted by Gasteiger charge is 2.33. The van der Waals surface area contributed by atoms with Crippen LogP contribution in [0.3, 0.4) is 0 Å². The summed E-state index contributed by atoms with van der Waals surface area (Å²) >= 11 is 0. The molecule has 0 aliphatic heterocycles. The van der Waals surface area contributed by atoms with Crippen molar-refractivity contribution >= 4 is 12.3 Å². The first-order chi connectivity index (χ1) is 7.82. The lowest BCUT2D eigenvalue weighted by atomic mass is 10.2. The summed E-state index contributed by atoms with van der Waals surface area (Å²) < 4.78 is 41.7. The van der Waals surface area contributed by atoms with Gasteiger partial charge in [0.2, 0.25) is 0 Å². The van der Waals surface area contributed by atoms with E-state index in [1.54, 1.807) is 0 Å². The average Bonchev–Trinajstić information content (AvgIpc) is 2.24.